The molecule has 0 spiro atoms. The first kappa shape index (κ1) is 7.50. The average molecular weight is 130 g/mol. The molecule has 1 rings (SSSR count). The topological polar surface area (TPSA) is 0 Å². The number of allylic oxidation sites excluding steroid dienone is 4. The quantitative estimate of drug-likeness (QED) is 0.452. The summed E-state index contributed by atoms with van der Waals surface area (Å²) < 4.78 is 0. The first-order chi connectivity index (χ1) is 3.39. The molecule has 0 nitrogen and oxygen atoms in total. The Morgan fingerprint density at radius 3 is 2.38 bits per heavy atom. The summed E-state index contributed by atoms with van der Waals surface area (Å²) in [6.45, 7) is 0. The van der Waals surface area contributed by atoms with Gasteiger partial charge >= 0.3 is 0 Å². The zero-order valence-electron chi connectivity index (χ0n) is 4.33. The molecule has 0 aromatic heterocycles. The molecule has 0 saturated heterocycles. The van der Waals surface area contributed by atoms with Gasteiger partial charge in [-0.2, -0.15) is 0 Å². The van der Waals surface area contributed by atoms with Crippen molar-refractivity contribution in [2.24, 2.45) is 0 Å². The van der Waals surface area contributed by atoms with Crippen LogP contribution in [-0.4, -0.2) is 4.86 Å². The summed E-state index contributed by atoms with van der Waals surface area (Å²) in [7, 11) is 0. The average Bonchev–Trinajstić information content (AvgIpc) is 1.69. The first-order valence-electron chi connectivity index (χ1n) is 2.25. The van der Waals surface area contributed by atoms with E-state index in [2.05, 4.69) is 6.08 Å². The predicted molar refractivity (Wildman–Crippen MR) is 38.0 cm³/mol. The highest BCUT2D eigenvalue weighted by Crippen LogP contribution is 1.97. The molecule has 0 saturated carbocycles. The summed E-state index contributed by atoms with van der Waals surface area (Å²) in [5.41, 5.74) is 0. The van der Waals surface area contributed by atoms with Crippen molar-refractivity contribution in [2.45, 2.75) is 6.42 Å². The lowest BCUT2D eigenvalue weighted by atomic mass is 10.2. The van der Waals surface area contributed by atoms with Crippen molar-refractivity contribution in [3.8, 4) is 0 Å². The second-order valence-electron chi connectivity index (χ2n) is 1.46. The van der Waals surface area contributed by atoms with Crippen LogP contribution in [0, 0.1) is 0 Å². The second kappa shape index (κ2) is 3.50. The van der Waals surface area contributed by atoms with Gasteiger partial charge in [0, 0.05) is 11.3 Å². The lowest BCUT2D eigenvalue weighted by Gasteiger charge is -1.92. The number of halogens is 1. The van der Waals surface area contributed by atoms with Crippen molar-refractivity contribution < 1.29 is 4.70 Å². The molecule has 0 N–H and O–H groups in total. The molecule has 1 aliphatic carbocycles. The molecule has 0 bridgehead atoms. The van der Waals surface area contributed by atoms with Gasteiger partial charge < -0.3 is 0 Å². The summed E-state index contributed by atoms with van der Waals surface area (Å²) in [5.74, 6) is 0. The molecule has 0 atom stereocenters. The molecule has 2 heteroatoms. The summed E-state index contributed by atoms with van der Waals surface area (Å²) in [5, 5.41) is 0. The maximum absolute atomic E-state index is 4.87. The van der Waals surface area contributed by atoms with Crippen LogP contribution in [0.4, 0.5) is 4.70 Å². The molecule has 0 aromatic rings. The van der Waals surface area contributed by atoms with E-state index < -0.39 is 0 Å². The Bertz CT molecular complexity index is 135. The summed E-state index contributed by atoms with van der Waals surface area (Å²) in [4.78, 5) is 1.03. The molecule has 1 aliphatic rings. The van der Waals surface area contributed by atoms with Crippen molar-refractivity contribution in [3.05, 3.63) is 24.3 Å². The van der Waals surface area contributed by atoms with E-state index in [-0.39, 0.29) is 4.70 Å². The Labute approximate surface area is 53.3 Å². The van der Waals surface area contributed by atoms with Gasteiger partial charge in [0.05, 0.1) is 0 Å². The Kier molecular flexibility index (Phi) is 3.28. The summed E-state index contributed by atoms with van der Waals surface area (Å²) in [6.07, 6.45) is 8.94. The van der Waals surface area contributed by atoms with Gasteiger partial charge in [0.2, 0.25) is 0 Å². The number of rotatable bonds is 0. The zero-order chi connectivity index (χ0) is 5.11. The van der Waals surface area contributed by atoms with Gasteiger partial charge in [-0.3, -0.25) is 4.70 Å². The van der Waals surface area contributed by atoms with Crippen LogP contribution < -0.4 is 0 Å². The molecular weight excluding hydrogens is 123 g/mol. The van der Waals surface area contributed by atoms with Crippen LogP contribution in [0.1, 0.15) is 6.42 Å². The van der Waals surface area contributed by atoms with E-state index >= 15 is 0 Å². The van der Waals surface area contributed by atoms with Crippen LogP contribution in [-0.2, 0) is 0 Å². The van der Waals surface area contributed by atoms with Gasteiger partial charge in [-0.15, -0.1) is 0 Å². The van der Waals surface area contributed by atoms with E-state index in [1.807, 2.05) is 18.2 Å². The van der Waals surface area contributed by atoms with Crippen molar-refractivity contribution in [2.75, 3.05) is 0 Å². The smallest absolute Gasteiger partial charge is 0.0190 e. The van der Waals surface area contributed by atoms with Gasteiger partial charge in [0.1, 0.15) is 0 Å². The standard InChI is InChI=1S/C6H6S.FH/c7-6-4-2-1-3-5-6;/h1-4H,5H2;1H. The lowest BCUT2D eigenvalue weighted by molar-refractivity contribution is 1.11. The van der Waals surface area contributed by atoms with E-state index in [4.69, 9.17) is 12.2 Å². The number of thiocarbonyl (C=S) groups is 1. The van der Waals surface area contributed by atoms with E-state index in [9.17, 15) is 0 Å². The fraction of sp³-hybridized carbons (Fsp3) is 0.167. The Balaban J connectivity index is 0.000000490. The van der Waals surface area contributed by atoms with Crippen LogP contribution >= 0.6 is 12.2 Å². The van der Waals surface area contributed by atoms with Crippen LogP contribution in [0.3, 0.4) is 0 Å². The second-order valence-corrected chi connectivity index (χ2v) is 1.98. The molecular formula is C6H7FS. The highest BCUT2D eigenvalue weighted by atomic mass is 32.1. The third-order valence-corrected chi connectivity index (χ3v) is 1.15. The molecule has 0 fully saturated rings. The van der Waals surface area contributed by atoms with E-state index in [1.54, 1.807) is 0 Å². The number of hydrogen-bond donors (Lipinski definition) is 0. The minimum absolute atomic E-state index is 0. The molecule has 0 heterocycles. The largest absolute Gasteiger partial charge is 0.269 e. The van der Waals surface area contributed by atoms with Crippen molar-refractivity contribution >= 4 is 17.1 Å². The normalized spacial score (nSPS) is 15.8. The van der Waals surface area contributed by atoms with Crippen molar-refractivity contribution in [1.82, 2.24) is 0 Å². The van der Waals surface area contributed by atoms with Gasteiger partial charge in [0.25, 0.3) is 0 Å². The third-order valence-electron chi connectivity index (χ3n) is 0.848. The SMILES string of the molecule is F.S=C1C=CC=CC1. The predicted octanol–water partition coefficient (Wildman–Crippen LogP) is 2.02. The highest BCUT2D eigenvalue weighted by Gasteiger charge is 1.87. The Morgan fingerprint density at radius 2 is 2.12 bits per heavy atom. The van der Waals surface area contributed by atoms with E-state index in [1.165, 1.54) is 0 Å². The first-order valence-corrected chi connectivity index (χ1v) is 2.66. The Morgan fingerprint density at radius 1 is 1.38 bits per heavy atom. The molecule has 0 radical (unpaired) electrons. The lowest BCUT2D eigenvalue weighted by Crippen LogP contribution is -1.86. The summed E-state index contributed by atoms with van der Waals surface area (Å²) >= 11 is 4.87. The summed E-state index contributed by atoms with van der Waals surface area (Å²) in [6, 6.07) is 0. The molecule has 0 aromatic carbocycles. The maximum atomic E-state index is 4.87. The van der Waals surface area contributed by atoms with Gasteiger partial charge in [-0.1, -0.05) is 30.4 Å². The van der Waals surface area contributed by atoms with E-state index in [0.717, 1.165) is 11.3 Å². The molecule has 44 valence electrons. The minimum atomic E-state index is 0. The van der Waals surface area contributed by atoms with Gasteiger partial charge in [-0.25, -0.2) is 0 Å². The Hall–Kier alpha value is -0.500. The molecule has 8 heavy (non-hydrogen) atoms. The van der Waals surface area contributed by atoms with Crippen LogP contribution in [0.2, 0.25) is 0 Å². The van der Waals surface area contributed by atoms with Crippen LogP contribution in [0.5, 0.6) is 0 Å². The number of hydrogen-bond acceptors (Lipinski definition) is 1. The molecule has 0 unspecified atom stereocenters. The molecule has 0 aliphatic heterocycles. The van der Waals surface area contributed by atoms with Gasteiger partial charge in [0.15, 0.2) is 0 Å². The van der Waals surface area contributed by atoms with Crippen LogP contribution in [0.15, 0.2) is 24.3 Å². The molecule has 0 amide bonds. The van der Waals surface area contributed by atoms with E-state index in [0.29, 0.717) is 0 Å². The van der Waals surface area contributed by atoms with Crippen molar-refractivity contribution in [1.29, 1.82) is 0 Å². The van der Waals surface area contributed by atoms with Crippen molar-refractivity contribution in [3.63, 3.8) is 0 Å². The fourth-order valence-corrected chi connectivity index (χ4v) is 0.668. The fourth-order valence-electron chi connectivity index (χ4n) is 0.494. The highest BCUT2D eigenvalue weighted by molar-refractivity contribution is 7.80. The van der Waals surface area contributed by atoms with Gasteiger partial charge in [-0.05, 0) is 6.08 Å². The third kappa shape index (κ3) is 1.98. The maximum Gasteiger partial charge on any atom is 0.0190 e. The zero-order valence-corrected chi connectivity index (χ0v) is 5.15. The monoisotopic (exact) mass is 130 g/mol. The minimum Gasteiger partial charge on any atom is -0.269 e. The van der Waals surface area contributed by atoms with Crippen LogP contribution in [0.25, 0.3) is 0 Å².